The van der Waals surface area contributed by atoms with Gasteiger partial charge in [-0.1, -0.05) is 30.4 Å². The van der Waals surface area contributed by atoms with Crippen LogP contribution < -0.4 is 5.73 Å². The lowest BCUT2D eigenvalue weighted by molar-refractivity contribution is 0.0533. The Balaban J connectivity index is 2.03. The summed E-state index contributed by atoms with van der Waals surface area (Å²) in [6, 6.07) is 9.28. The van der Waals surface area contributed by atoms with Gasteiger partial charge in [-0.05, 0) is 25.0 Å². The molecule has 1 aromatic carbocycles. The van der Waals surface area contributed by atoms with Gasteiger partial charge in [0.25, 0.3) is 5.91 Å². The van der Waals surface area contributed by atoms with Crippen LogP contribution in [-0.2, 0) is 4.74 Å². The lowest BCUT2D eigenvalue weighted by Gasteiger charge is -2.25. The van der Waals surface area contributed by atoms with E-state index in [1.165, 1.54) is 0 Å². The van der Waals surface area contributed by atoms with Crippen molar-refractivity contribution in [2.24, 2.45) is 5.73 Å². The molecule has 0 spiro atoms. The van der Waals surface area contributed by atoms with Crippen LogP contribution in [0.25, 0.3) is 0 Å². The Kier molecular flexibility index (Phi) is 5.49. The monoisotopic (exact) mass is 292 g/mol. The molecule has 2 rings (SSSR count). The molecule has 4 nitrogen and oxygen atoms in total. The molecule has 0 aromatic heterocycles. The van der Waals surface area contributed by atoms with E-state index < -0.39 is 0 Å². The van der Waals surface area contributed by atoms with E-state index in [1.807, 2.05) is 30.3 Å². The second-order valence-electron chi connectivity index (χ2n) is 4.97. The van der Waals surface area contributed by atoms with Crippen molar-refractivity contribution in [2.45, 2.75) is 25.4 Å². The minimum atomic E-state index is 0.0114. The van der Waals surface area contributed by atoms with Gasteiger partial charge in [-0.15, -0.1) is 0 Å². The highest BCUT2D eigenvalue weighted by molar-refractivity contribution is 7.80. The number of amides is 1. The first-order chi connectivity index (χ1) is 9.66. The second-order valence-corrected chi connectivity index (χ2v) is 5.49. The van der Waals surface area contributed by atoms with E-state index in [2.05, 4.69) is 0 Å². The predicted octanol–water partition coefficient (Wildman–Crippen LogP) is 1.98. The van der Waals surface area contributed by atoms with Gasteiger partial charge in [0.1, 0.15) is 0 Å². The summed E-state index contributed by atoms with van der Waals surface area (Å²) in [7, 11) is 0. The maximum absolute atomic E-state index is 12.5. The third-order valence-corrected chi connectivity index (χ3v) is 3.59. The third-order valence-electron chi connectivity index (χ3n) is 3.38. The van der Waals surface area contributed by atoms with Gasteiger partial charge < -0.3 is 15.4 Å². The van der Waals surface area contributed by atoms with Gasteiger partial charge in [-0.2, -0.15) is 0 Å². The number of hydrogen-bond donors (Lipinski definition) is 1. The van der Waals surface area contributed by atoms with Crippen molar-refractivity contribution in [3.05, 3.63) is 35.9 Å². The Bertz CT molecular complexity index is 458. The van der Waals surface area contributed by atoms with E-state index in [0.29, 0.717) is 30.1 Å². The SMILES string of the molecule is NC(=S)CCN(CC1CCCO1)C(=O)c1ccccc1. The molecule has 0 radical (unpaired) electrons. The average molecular weight is 292 g/mol. The van der Waals surface area contributed by atoms with Crippen LogP contribution in [0.3, 0.4) is 0 Å². The van der Waals surface area contributed by atoms with Gasteiger partial charge in [0, 0.05) is 31.7 Å². The number of thiocarbonyl (C=S) groups is 1. The number of nitrogens with two attached hydrogens (primary N) is 1. The Morgan fingerprint density at radius 1 is 1.40 bits per heavy atom. The van der Waals surface area contributed by atoms with Crippen molar-refractivity contribution in [1.82, 2.24) is 4.90 Å². The minimum absolute atomic E-state index is 0.0114. The highest BCUT2D eigenvalue weighted by atomic mass is 32.1. The van der Waals surface area contributed by atoms with Crippen molar-refractivity contribution in [1.29, 1.82) is 0 Å². The summed E-state index contributed by atoms with van der Waals surface area (Å²) in [5, 5.41) is 0. The zero-order valence-corrected chi connectivity index (χ0v) is 12.3. The average Bonchev–Trinajstić information content (AvgIpc) is 2.96. The summed E-state index contributed by atoms with van der Waals surface area (Å²) in [5.41, 5.74) is 6.24. The van der Waals surface area contributed by atoms with E-state index in [0.717, 1.165) is 19.4 Å². The molecule has 1 heterocycles. The quantitative estimate of drug-likeness (QED) is 0.815. The maximum atomic E-state index is 12.5. The fourth-order valence-electron chi connectivity index (χ4n) is 2.32. The first kappa shape index (κ1) is 14.9. The minimum Gasteiger partial charge on any atom is -0.393 e. The fraction of sp³-hybridized carbons (Fsp3) is 0.467. The van der Waals surface area contributed by atoms with Crippen LogP contribution in [0, 0.1) is 0 Å². The summed E-state index contributed by atoms with van der Waals surface area (Å²) in [5.74, 6) is 0.0114. The Hall–Kier alpha value is -1.46. The number of rotatable bonds is 6. The lowest BCUT2D eigenvalue weighted by atomic mass is 10.1. The molecular formula is C15H20N2O2S. The third kappa shape index (κ3) is 4.28. The Morgan fingerprint density at radius 2 is 2.15 bits per heavy atom. The van der Waals surface area contributed by atoms with Crippen LogP contribution in [-0.4, -0.2) is 41.6 Å². The van der Waals surface area contributed by atoms with Gasteiger partial charge >= 0.3 is 0 Å². The van der Waals surface area contributed by atoms with Crippen LogP contribution in [0.5, 0.6) is 0 Å². The number of ether oxygens (including phenoxy) is 1. The zero-order valence-electron chi connectivity index (χ0n) is 11.5. The number of hydrogen-bond acceptors (Lipinski definition) is 3. The maximum Gasteiger partial charge on any atom is 0.253 e. The molecule has 1 amide bonds. The van der Waals surface area contributed by atoms with Crippen molar-refractivity contribution < 1.29 is 9.53 Å². The summed E-state index contributed by atoms with van der Waals surface area (Å²) >= 11 is 4.91. The number of benzene rings is 1. The highest BCUT2D eigenvalue weighted by Crippen LogP contribution is 2.15. The molecule has 20 heavy (non-hydrogen) atoms. The van der Waals surface area contributed by atoms with Gasteiger partial charge in [-0.25, -0.2) is 0 Å². The molecular weight excluding hydrogens is 272 g/mol. The summed E-state index contributed by atoms with van der Waals surface area (Å²) < 4.78 is 5.62. The molecule has 0 bridgehead atoms. The number of carbonyl (C=O) groups is 1. The molecule has 0 aliphatic carbocycles. The Labute approximate surface area is 124 Å². The standard InChI is InChI=1S/C15H20N2O2S/c16-14(20)8-9-17(11-13-7-4-10-19-13)15(18)12-5-2-1-3-6-12/h1-3,5-6,13H,4,7-11H2,(H2,16,20). The van der Waals surface area contributed by atoms with Crippen LogP contribution >= 0.6 is 12.2 Å². The largest absolute Gasteiger partial charge is 0.393 e. The van der Waals surface area contributed by atoms with Crippen LogP contribution in [0.4, 0.5) is 0 Å². The van der Waals surface area contributed by atoms with Crippen LogP contribution in [0.2, 0.25) is 0 Å². The fourth-order valence-corrected chi connectivity index (χ4v) is 2.41. The summed E-state index contributed by atoms with van der Waals surface area (Å²) in [6.45, 7) is 1.94. The normalized spacial score (nSPS) is 17.9. The van der Waals surface area contributed by atoms with E-state index in [-0.39, 0.29) is 12.0 Å². The molecule has 1 aliphatic rings. The molecule has 1 unspecified atom stereocenters. The molecule has 1 atom stereocenters. The van der Waals surface area contributed by atoms with E-state index >= 15 is 0 Å². The van der Waals surface area contributed by atoms with Gasteiger partial charge in [0.15, 0.2) is 0 Å². The summed E-state index contributed by atoms with van der Waals surface area (Å²) in [4.78, 5) is 14.8. The molecule has 0 saturated carbocycles. The van der Waals surface area contributed by atoms with E-state index in [9.17, 15) is 4.79 Å². The molecule has 2 N–H and O–H groups in total. The Morgan fingerprint density at radius 3 is 2.75 bits per heavy atom. The van der Waals surface area contributed by atoms with Crippen LogP contribution in [0.1, 0.15) is 29.6 Å². The van der Waals surface area contributed by atoms with Crippen molar-refractivity contribution in [3.63, 3.8) is 0 Å². The van der Waals surface area contributed by atoms with E-state index in [4.69, 9.17) is 22.7 Å². The smallest absolute Gasteiger partial charge is 0.253 e. The van der Waals surface area contributed by atoms with Crippen molar-refractivity contribution in [2.75, 3.05) is 19.7 Å². The number of carbonyl (C=O) groups excluding carboxylic acids is 1. The molecule has 108 valence electrons. The molecule has 1 aromatic rings. The van der Waals surface area contributed by atoms with Crippen molar-refractivity contribution in [3.8, 4) is 0 Å². The van der Waals surface area contributed by atoms with Crippen molar-refractivity contribution >= 4 is 23.1 Å². The summed E-state index contributed by atoms with van der Waals surface area (Å²) in [6.07, 6.45) is 2.74. The zero-order chi connectivity index (χ0) is 14.4. The molecule has 1 aliphatic heterocycles. The second kappa shape index (κ2) is 7.36. The first-order valence-corrected chi connectivity index (χ1v) is 7.32. The van der Waals surface area contributed by atoms with Crippen LogP contribution in [0.15, 0.2) is 30.3 Å². The van der Waals surface area contributed by atoms with Gasteiger partial charge in [0.2, 0.25) is 0 Å². The number of nitrogens with zero attached hydrogens (tertiary/aromatic N) is 1. The molecule has 5 heteroatoms. The first-order valence-electron chi connectivity index (χ1n) is 6.91. The predicted molar refractivity (Wildman–Crippen MR) is 82.7 cm³/mol. The topological polar surface area (TPSA) is 55.6 Å². The lowest BCUT2D eigenvalue weighted by Crippen LogP contribution is -2.39. The van der Waals surface area contributed by atoms with Gasteiger partial charge in [-0.3, -0.25) is 4.79 Å². The molecule has 1 fully saturated rings. The highest BCUT2D eigenvalue weighted by Gasteiger charge is 2.23. The van der Waals surface area contributed by atoms with E-state index in [1.54, 1.807) is 4.90 Å². The van der Waals surface area contributed by atoms with Gasteiger partial charge in [0.05, 0.1) is 11.1 Å². The molecule has 1 saturated heterocycles.